The Morgan fingerprint density at radius 3 is 1.98 bits per heavy atom. The summed E-state index contributed by atoms with van der Waals surface area (Å²) in [7, 11) is 0. The SMILES string of the molecule is c1ccc(N(c2cccc(-c3cccc4c3sc3ccccc34)c2)c2ccc3ccc4cccc5ccc2c3c45)cc1. The largest absolute Gasteiger partial charge is 0.310 e. The summed E-state index contributed by atoms with van der Waals surface area (Å²) >= 11 is 1.88. The molecule has 0 saturated carbocycles. The van der Waals surface area contributed by atoms with Crippen LogP contribution in [0.3, 0.4) is 0 Å². The first-order valence-corrected chi connectivity index (χ1v) is 15.2. The van der Waals surface area contributed by atoms with Crippen LogP contribution in [0.1, 0.15) is 0 Å². The van der Waals surface area contributed by atoms with Gasteiger partial charge in [0.2, 0.25) is 0 Å². The van der Waals surface area contributed by atoms with Gasteiger partial charge < -0.3 is 4.90 Å². The Kier molecular flexibility index (Phi) is 5.13. The van der Waals surface area contributed by atoms with Crippen molar-refractivity contribution in [2.45, 2.75) is 0 Å². The third-order valence-electron chi connectivity index (χ3n) is 8.58. The predicted molar refractivity (Wildman–Crippen MR) is 183 cm³/mol. The molecule has 0 bridgehead atoms. The van der Waals surface area contributed by atoms with Gasteiger partial charge in [0.1, 0.15) is 0 Å². The van der Waals surface area contributed by atoms with Gasteiger partial charge in [0.25, 0.3) is 0 Å². The minimum absolute atomic E-state index is 1.14. The van der Waals surface area contributed by atoms with Gasteiger partial charge in [-0.25, -0.2) is 0 Å². The summed E-state index contributed by atoms with van der Waals surface area (Å²) in [6, 6.07) is 55.5. The average Bonchev–Trinajstić information content (AvgIpc) is 3.44. The van der Waals surface area contributed by atoms with Gasteiger partial charge in [0.15, 0.2) is 0 Å². The molecule has 196 valence electrons. The van der Waals surface area contributed by atoms with Crippen molar-refractivity contribution in [3.8, 4) is 11.1 Å². The first-order chi connectivity index (χ1) is 20.8. The van der Waals surface area contributed by atoms with Gasteiger partial charge in [-0.2, -0.15) is 0 Å². The maximum atomic E-state index is 2.42. The van der Waals surface area contributed by atoms with Crippen LogP contribution in [0.4, 0.5) is 17.1 Å². The van der Waals surface area contributed by atoms with Crippen LogP contribution in [0.2, 0.25) is 0 Å². The van der Waals surface area contributed by atoms with Crippen LogP contribution >= 0.6 is 11.3 Å². The van der Waals surface area contributed by atoms with Crippen molar-refractivity contribution in [3.63, 3.8) is 0 Å². The van der Waals surface area contributed by atoms with Gasteiger partial charge in [-0.3, -0.25) is 0 Å². The number of hydrogen-bond donors (Lipinski definition) is 0. The molecule has 0 aliphatic rings. The lowest BCUT2D eigenvalue weighted by Crippen LogP contribution is -2.10. The topological polar surface area (TPSA) is 3.24 Å². The minimum Gasteiger partial charge on any atom is -0.310 e. The minimum atomic E-state index is 1.14. The molecule has 0 fully saturated rings. The Bertz CT molecular complexity index is 2400. The zero-order valence-electron chi connectivity index (χ0n) is 22.8. The highest BCUT2D eigenvalue weighted by molar-refractivity contribution is 7.26. The first-order valence-electron chi connectivity index (χ1n) is 14.4. The smallest absolute Gasteiger partial charge is 0.0540 e. The van der Waals surface area contributed by atoms with E-state index in [2.05, 4.69) is 157 Å². The molecule has 0 aliphatic heterocycles. The molecular weight excluding hydrogens is 527 g/mol. The number of anilines is 3. The number of para-hydroxylation sites is 1. The summed E-state index contributed by atoms with van der Waals surface area (Å²) in [5, 5.41) is 10.4. The Labute approximate surface area is 247 Å². The second kappa shape index (κ2) is 9.17. The van der Waals surface area contributed by atoms with E-state index in [-0.39, 0.29) is 0 Å². The van der Waals surface area contributed by atoms with Gasteiger partial charge in [-0.1, -0.05) is 115 Å². The van der Waals surface area contributed by atoms with Crippen LogP contribution in [-0.2, 0) is 0 Å². The summed E-state index contributed by atoms with van der Waals surface area (Å²) < 4.78 is 2.67. The molecule has 1 nitrogen and oxygen atoms in total. The van der Waals surface area contributed by atoms with Gasteiger partial charge in [-0.05, 0) is 74.5 Å². The molecule has 42 heavy (non-hydrogen) atoms. The van der Waals surface area contributed by atoms with E-state index in [1.54, 1.807) is 0 Å². The van der Waals surface area contributed by atoms with Gasteiger partial charge in [-0.15, -0.1) is 11.3 Å². The van der Waals surface area contributed by atoms with E-state index in [4.69, 9.17) is 0 Å². The standard InChI is InChI=1S/C40H25NS/c1-2-12-30(13-3-1)41(36-24-22-28-20-19-26-9-6-10-27-21-23-35(36)39(28)38(26)27)31-14-7-11-29(25-31)32-16-8-17-34-33-15-4-5-18-37(33)42-40(32)34/h1-25H. The normalized spacial score (nSPS) is 11.8. The van der Waals surface area contributed by atoms with Crippen molar-refractivity contribution in [2.24, 2.45) is 0 Å². The lowest BCUT2D eigenvalue weighted by molar-refractivity contribution is 1.30. The van der Waals surface area contributed by atoms with Crippen molar-refractivity contribution >= 4 is 80.9 Å². The predicted octanol–water partition coefficient (Wildman–Crippen LogP) is 12.1. The third kappa shape index (κ3) is 3.49. The summed E-state index contributed by atoms with van der Waals surface area (Å²) in [4.78, 5) is 2.42. The Hall–Kier alpha value is -5.18. The van der Waals surface area contributed by atoms with E-state index < -0.39 is 0 Å². The average molecular weight is 552 g/mol. The third-order valence-corrected chi connectivity index (χ3v) is 9.80. The fraction of sp³-hybridized carbons (Fsp3) is 0. The van der Waals surface area contributed by atoms with Gasteiger partial charge >= 0.3 is 0 Å². The molecule has 0 amide bonds. The molecule has 9 aromatic rings. The van der Waals surface area contributed by atoms with Gasteiger partial charge in [0, 0.05) is 36.9 Å². The molecule has 0 unspecified atom stereocenters. The maximum absolute atomic E-state index is 2.42. The van der Waals surface area contributed by atoms with Crippen LogP contribution in [0.5, 0.6) is 0 Å². The number of fused-ring (bicyclic) bond motifs is 3. The molecule has 1 aromatic heterocycles. The fourth-order valence-corrected chi connectivity index (χ4v) is 7.94. The number of nitrogens with zero attached hydrogens (tertiary/aromatic N) is 1. The Balaban J connectivity index is 1.29. The Morgan fingerprint density at radius 1 is 0.429 bits per heavy atom. The monoisotopic (exact) mass is 551 g/mol. The molecule has 0 aliphatic carbocycles. The Morgan fingerprint density at radius 2 is 1.10 bits per heavy atom. The molecule has 8 aromatic carbocycles. The number of rotatable bonds is 4. The van der Waals surface area contributed by atoms with E-state index >= 15 is 0 Å². The molecular formula is C40H25NS. The second-order valence-electron chi connectivity index (χ2n) is 10.9. The van der Waals surface area contributed by atoms with Crippen molar-refractivity contribution in [3.05, 3.63) is 152 Å². The van der Waals surface area contributed by atoms with Crippen LogP contribution in [0, 0.1) is 0 Å². The van der Waals surface area contributed by atoms with E-state index in [0.717, 1.165) is 11.4 Å². The van der Waals surface area contributed by atoms with Crippen molar-refractivity contribution in [2.75, 3.05) is 4.90 Å². The zero-order valence-corrected chi connectivity index (χ0v) is 23.6. The summed E-state index contributed by atoms with van der Waals surface area (Å²) in [5.74, 6) is 0. The summed E-state index contributed by atoms with van der Waals surface area (Å²) in [6.45, 7) is 0. The van der Waals surface area contributed by atoms with Crippen molar-refractivity contribution < 1.29 is 0 Å². The molecule has 0 N–H and O–H groups in total. The second-order valence-corrected chi connectivity index (χ2v) is 12.0. The number of thiophene rings is 1. The molecule has 0 radical (unpaired) electrons. The summed E-state index contributed by atoms with van der Waals surface area (Å²) in [5.41, 5.74) is 5.98. The van der Waals surface area contributed by atoms with E-state index in [9.17, 15) is 0 Å². The van der Waals surface area contributed by atoms with Crippen LogP contribution in [0.25, 0.3) is 63.6 Å². The molecule has 0 saturated heterocycles. The van der Waals surface area contributed by atoms with E-state index in [1.165, 1.54) is 69.3 Å². The van der Waals surface area contributed by atoms with Crippen LogP contribution in [0.15, 0.2) is 152 Å². The quantitative estimate of drug-likeness (QED) is 0.197. The van der Waals surface area contributed by atoms with Crippen molar-refractivity contribution in [1.29, 1.82) is 0 Å². The maximum Gasteiger partial charge on any atom is 0.0540 e. The molecule has 2 heteroatoms. The fourth-order valence-electron chi connectivity index (χ4n) is 6.71. The lowest BCUT2D eigenvalue weighted by atomic mass is 9.93. The number of benzene rings is 8. The molecule has 0 atom stereocenters. The highest BCUT2D eigenvalue weighted by atomic mass is 32.1. The summed E-state index contributed by atoms with van der Waals surface area (Å²) in [6.07, 6.45) is 0. The lowest BCUT2D eigenvalue weighted by Gasteiger charge is -2.28. The van der Waals surface area contributed by atoms with Crippen molar-refractivity contribution in [1.82, 2.24) is 0 Å². The van der Waals surface area contributed by atoms with Crippen LogP contribution in [-0.4, -0.2) is 0 Å². The molecule has 1 heterocycles. The zero-order chi connectivity index (χ0) is 27.6. The van der Waals surface area contributed by atoms with E-state index in [0.29, 0.717) is 0 Å². The van der Waals surface area contributed by atoms with Gasteiger partial charge in [0.05, 0.1) is 5.69 Å². The first kappa shape index (κ1) is 23.5. The highest BCUT2D eigenvalue weighted by Gasteiger charge is 2.19. The molecule has 9 rings (SSSR count). The van der Waals surface area contributed by atoms with E-state index in [1.807, 2.05) is 11.3 Å². The van der Waals surface area contributed by atoms with Crippen LogP contribution < -0.4 is 4.90 Å². The molecule has 0 spiro atoms. The highest BCUT2D eigenvalue weighted by Crippen LogP contribution is 2.45. The number of hydrogen-bond acceptors (Lipinski definition) is 2.